The fourth-order valence-electron chi connectivity index (χ4n) is 1.01. The van der Waals surface area contributed by atoms with E-state index >= 15 is 0 Å². The molecule has 102 valence electrons. The highest BCUT2D eigenvalue weighted by molar-refractivity contribution is 9.08. The first-order valence-electron chi connectivity index (χ1n) is 5.07. The molecule has 0 fully saturated rings. The van der Waals surface area contributed by atoms with Gasteiger partial charge in [0.2, 0.25) is 0 Å². The molecule has 2 rings (SSSR count). The van der Waals surface area contributed by atoms with Gasteiger partial charge < -0.3 is 0 Å². The van der Waals surface area contributed by atoms with Crippen molar-refractivity contribution in [2.75, 3.05) is 0 Å². The maximum absolute atomic E-state index is 5.78. The number of hydrogen-bond acceptors (Lipinski definition) is 2. The second-order valence-electron chi connectivity index (χ2n) is 3.49. The minimum Gasteiger partial charge on any atom is -0.244 e. The zero-order valence-electron chi connectivity index (χ0n) is 9.80. The van der Waals surface area contributed by atoms with Gasteiger partial charge in [-0.3, -0.25) is 0 Å². The normalized spacial score (nSPS) is 9.79. The van der Waals surface area contributed by atoms with Crippen molar-refractivity contribution in [1.29, 1.82) is 0 Å². The van der Waals surface area contributed by atoms with Gasteiger partial charge in [-0.1, -0.05) is 62.3 Å². The minimum absolute atomic E-state index is 0.426. The lowest BCUT2D eigenvalue weighted by Crippen LogP contribution is -1.82. The Morgan fingerprint density at radius 3 is 1.89 bits per heavy atom. The van der Waals surface area contributed by atoms with E-state index in [4.69, 9.17) is 46.4 Å². The number of halogens is 5. The van der Waals surface area contributed by atoms with Gasteiger partial charge in [-0.05, 0) is 30.2 Å². The van der Waals surface area contributed by atoms with Crippen molar-refractivity contribution in [3.63, 3.8) is 0 Å². The third-order valence-electron chi connectivity index (χ3n) is 2.04. The van der Waals surface area contributed by atoms with E-state index in [2.05, 4.69) is 25.9 Å². The average Bonchev–Trinajstić information content (AvgIpc) is 2.35. The second kappa shape index (κ2) is 8.28. The smallest absolute Gasteiger partial charge is 0.130 e. The van der Waals surface area contributed by atoms with Crippen molar-refractivity contribution in [2.45, 2.75) is 12.3 Å². The first kappa shape index (κ1) is 17.0. The van der Waals surface area contributed by atoms with Crippen molar-refractivity contribution in [3.8, 4) is 0 Å². The number of pyridine rings is 2. The van der Waals surface area contributed by atoms with Crippen LogP contribution in [0.1, 0.15) is 11.1 Å². The van der Waals surface area contributed by atoms with Gasteiger partial charge in [0.15, 0.2) is 0 Å². The van der Waals surface area contributed by atoms with Gasteiger partial charge in [0, 0.05) is 27.8 Å². The number of aromatic nitrogens is 2. The molecule has 0 saturated carbocycles. The highest BCUT2D eigenvalue weighted by Gasteiger charge is 1.98. The summed E-state index contributed by atoms with van der Waals surface area (Å²) in [5, 5.41) is 2.88. The Hall–Kier alpha value is -0.0600. The zero-order valence-corrected chi connectivity index (χ0v) is 14.4. The summed E-state index contributed by atoms with van der Waals surface area (Å²) in [6, 6.07) is 3.25. The van der Waals surface area contributed by atoms with Crippen molar-refractivity contribution in [2.24, 2.45) is 0 Å². The molecule has 0 unspecified atom stereocenters. The molecule has 0 aliphatic heterocycles. The maximum atomic E-state index is 5.78. The monoisotopic (exact) mass is 400 g/mol. The Balaban J connectivity index is 0.000000191. The van der Waals surface area contributed by atoms with Crippen LogP contribution in [0.3, 0.4) is 0 Å². The molecule has 0 aliphatic carbocycles. The fraction of sp³-hybridized carbons (Fsp3) is 0.167. The summed E-state index contributed by atoms with van der Waals surface area (Å²) >= 11 is 25.8. The van der Waals surface area contributed by atoms with Crippen LogP contribution in [0, 0.1) is 6.92 Å². The predicted octanol–water partition coefficient (Wildman–Crippen LogP) is 5.98. The van der Waals surface area contributed by atoms with Gasteiger partial charge in [0.25, 0.3) is 0 Å². The predicted molar refractivity (Wildman–Crippen MR) is 85.9 cm³/mol. The molecule has 0 amide bonds. The van der Waals surface area contributed by atoms with E-state index in [9.17, 15) is 0 Å². The molecule has 0 atom stereocenters. The second-order valence-corrected chi connectivity index (χ2v) is 5.64. The van der Waals surface area contributed by atoms with Crippen LogP contribution in [0.2, 0.25) is 20.4 Å². The Bertz CT molecular complexity index is 563. The van der Waals surface area contributed by atoms with Crippen LogP contribution in [0.4, 0.5) is 0 Å². The standard InChI is InChI=1S/C6H4BrCl2N.C6H5Cl2N/c7-2-4-3-10-6(9)1-5(4)8;1-4-3-9-6(8)2-5(4)7/h1,3H,2H2;2-3H,1H3. The first-order valence-corrected chi connectivity index (χ1v) is 7.71. The molecule has 19 heavy (non-hydrogen) atoms. The summed E-state index contributed by atoms with van der Waals surface area (Å²) in [5.41, 5.74) is 1.90. The number of rotatable bonds is 1. The van der Waals surface area contributed by atoms with E-state index in [0.717, 1.165) is 11.1 Å². The summed E-state index contributed by atoms with van der Waals surface area (Å²) in [4.78, 5) is 7.68. The van der Waals surface area contributed by atoms with Gasteiger partial charge in [-0.25, -0.2) is 9.97 Å². The lowest BCUT2D eigenvalue weighted by Gasteiger charge is -1.97. The van der Waals surface area contributed by atoms with Crippen LogP contribution in [0.5, 0.6) is 0 Å². The maximum Gasteiger partial charge on any atom is 0.130 e. The van der Waals surface area contributed by atoms with Crippen LogP contribution in [-0.4, -0.2) is 9.97 Å². The third kappa shape index (κ3) is 5.84. The van der Waals surface area contributed by atoms with Crippen LogP contribution in [0.25, 0.3) is 0 Å². The number of alkyl halides is 1. The van der Waals surface area contributed by atoms with E-state index < -0.39 is 0 Å². The Morgan fingerprint density at radius 2 is 1.47 bits per heavy atom. The lowest BCUT2D eigenvalue weighted by molar-refractivity contribution is 1.26. The summed E-state index contributed by atoms with van der Waals surface area (Å²) in [7, 11) is 0. The SMILES string of the molecule is Cc1cnc(Cl)cc1Cl.Clc1cc(Cl)c(CBr)cn1. The molecule has 7 heteroatoms. The molecular weight excluding hydrogens is 394 g/mol. The summed E-state index contributed by atoms with van der Waals surface area (Å²) < 4.78 is 0. The van der Waals surface area contributed by atoms with Gasteiger partial charge >= 0.3 is 0 Å². The largest absolute Gasteiger partial charge is 0.244 e. The van der Waals surface area contributed by atoms with Crippen molar-refractivity contribution >= 4 is 62.3 Å². The Morgan fingerprint density at radius 1 is 0.947 bits per heavy atom. The van der Waals surface area contributed by atoms with Crippen LogP contribution < -0.4 is 0 Å². The van der Waals surface area contributed by atoms with Gasteiger partial charge in [-0.2, -0.15) is 0 Å². The Kier molecular flexibility index (Phi) is 7.40. The first-order chi connectivity index (χ1) is 8.93. The topological polar surface area (TPSA) is 25.8 Å². The summed E-state index contributed by atoms with van der Waals surface area (Å²) in [6.45, 7) is 1.88. The van der Waals surface area contributed by atoms with Crippen molar-refractivity contribution in [1.82, 2.24) is 9.97 Å². The molecule has 2 aromatic heterocycles. The third-order valence-corrected chi connectivity index (χ3v) is 3.82. The molecule has 2 heterocycles. The van der Waals surface area contributed by atoms with E-state index in [-0.39, 0.29) is 0 Å². The number of hydrogen-bond donors (Lipinski definition) is 0. The van der Waals surface area contributed by atoms with E-state index in [0.29, 0.717) is 25.7 Å². The van der Waals surface area contributed by atoms with Crippen molar-refractivity contribution < 1.29 is 0 Å². The van der Waals surface area contributed by atoms with Crippen LogP contribution in [0.15, 0.2) is 24.5 Å². The van der Waals surface area contributed by atoms with Crippen LogP contribution in [-0.2, 0) is 5.33 Å². The van der Waals surface area contributed by atoms with Gasteiger partial charge in [-0.15, -0.1) is 0 Å². The van der Waals surface area contributed by atoms with Crippen LogP contribution >= 0.6 is 62.3 Å². The highest BCUT2D eigenvalue weighted by Crippen LogP contribution is 2.20. The van der Waals surface area contributed by atoms with Crippen molar-refractivity contribution in [3.05, 3.63) is 56.0 Å². The Labute approximate surface area is 140 Å². The number of nitrogens with zero attached hydrogens (tertiary/aromatic N) is 2. The van der Waals surface area contributed by atoms with E-state index in [1.807, 2.05) is 6.92 Å². The molecule has 2 aromatic rings. The molecule has 0 saturated heterocycles. The molecule has 0 aliphatic rings. The van der Waals surface area contributed by atoms with Gasteiger partial charge in [0.1, 0.15) is 10.3 Å². The van der Waals surface area contributed by atoms with Gasteiger partial charge in [0.05, 0.1) is 0 Å². The van der Waals surface area contributed by atoms with E-state index in [1.165, 1.54) is 0 Å². The average molecular weight is 403 g/mol. The number of aryl methyl sites for hydroxylation is 1. The highest BCUT2D eigenvalue weighted by atomic mass is 79.9. The van der Waals surface area contributed by atoms with E-state index in [1.54, 1.807) is 24.5 Å². The summed E-state index contributed by atoms with van der Waals surface area (Å²) in [5.74, 6) is 0. The molecule has 0 bridgehead atoms. The molecule has 0 aromatic carbocycles. The minimum atomic E-state index is 0.426. The molecule has 2 nitrogen and oxygen atoms in total. The molecule has 0 spiro atoms. The molecule has 0 radical (unpaired) electrons. The zero-order chi connectivity index (χ0) is 14.4. The lowest BCUT2D eigenvalue weighted by atomic mass is 10.3. The fourth-order valence-corrected chi connectivity index (χ4v) is 2.42. The molecular formula is C12H9BrCl4N2. The molecule has 0 N–H and O–H groups in total. The summed E-state index contributed by atoms with van der Waals surface area (Å²) in [6.07, 6.45) is 3.30. The quantitative estimate of drug-likeness (QED) is 0.433.